The van der Waals surface area contributed by atoms with E-state index >= 15 is 0 Å². The molecule has 1 aliphatic rings. The number of ketones is 1. The Hall–Kier alpha value is -4.23. The number of carbonyl (C=O) groups is 2. The first-order valence-electron chi connectivity index (χ1n) is 11.4. The number of morpholine rings is 1. The fourth-order valence-corrected chi connectivity index (χ4v) is 3.83. The number of halogens is 3. The van der Waals surface area contributed by atoms with Crippen LogP contribution in [0.1, 0.15) is 34.2 Å². The molecule has 3 heterocycles. The number of nitrogens with zero attached hydrogens (tertiary/aromatic N) is 3. The van der Waals surface area contributed by atoms with Crippen molar-refractivity contribution in [2.75, 3.05) is 36.5 Å². The minimum Gasteiger partial charge on any atom is -0.378 e. The molecule has 1 saturated heterocycles. The molecule has 1 aliphatic heterocycles. The van der Waals surface area contributed by atoms with Gasteiger partial charge in [-0.05, 0) is 60.2 Å². The summed E-state index contributed by atoms with van der Waals surface area (Å²) in [5.41, 5.74) is 2.78. The summed E-state index contributed by atoms with van der Waals surface area (Å²) >= 11 is 0. The van der Waals surface area contributed by atoms with Crippen LogP contribution in [0.5, 0.6) is 0 Å². The molecule has 190 valence electrons. The lowest BCUT2D eigenvalue weighted by Crippen LogP contribution is -2.36. The molecule has 3 aromatic rings. The molecule has 0 radical (unpaired) electrons. The van der Waals surface area contributed by atoms with Gasteiger partial charge in [0.1, 0.15) is 11.4 Å². The topological polar surface area (TPSA) is 84.4 Å². The molecule has 0 saturated carbocycles. The van der Waals surface area contributed by atoms with Gasteiger partial charge in [0.15, 0.2) is 0 Å². The normalized spacial score (nSPS) is 13.5. The van der Waals surface area contributed by atoms with Crippen molar-refractivity contribution >= 4 is 23.1 Å². The second kappa shape index (κ2) is 10.8. The number of carbonyl (C=O) groups excluding carboxylic acids is 2. The van der Waals surface area contributed by atoms with Gasteiger partial charge in [-0.1, -0.05) is 6.07 Å². The van der Waals surface area contributed by atoms with Crippen LogP contribution in [0.3, 0.4) is 0 Å². The Morgan fingerprint density at radius 3 is 2.54 bits per heavy atom. The number of hydrogen-bond donors (Lipinski definition) is 1. The van der Waals surface area contributed by atoms with Crippen molar-refractivity contribution in [3.8, 4) is 23.0 Å². The van der Waals surface area contributed by atoms with E-state index in [0.29, 0.717) is 43.8 Å². The summed E-state index contributed by atoms with van der Waals surface area (Å²) in [5.74, 6) is 4.42. The summed E-state index contributed by atoms with van der Waals surface area (Å²) in [6.45, 7) is 5.67. The molecule has 0 unspecified atom stereocenters. The second-order valence-corrected chi connectivity index (χ2v) is 8.41. The smallest absolute Gasteiger partial charge is 0.378 e. The standard InChI is InChI=1S/C27H23F3N4O3/c1-17-3-5-21(33-26(36)19-7-8-31-25(14-19)27(28,29)30)15-22(17)20-13-24(34-9-11-37-12-10-34)23(32-16-20)6-4-18(2)35/h3,5,7-8,13-16H,9-12H2,1-2H3,(H,33,36). The minimum absolute atomic E-state index is 0.158. The molecule has 1 amide bonds. The Morgan fingerprint density at radius 1 is 1.08 bits per heavy atom. The predicted molar refractivity (Wildman–Crippen MR) is 132 cm³/mol. The van der Waals surface area contributed by atoms with Crippen LogP contribution >= 0.6 is 0 Å². The van der Waals surface area contributed by atoms with Crippen LogP contribution < -0.4 is 10.2 Å². The summed E-state index contributed by atoms with van der Waals surface area (Å²) < 4.78 is 44.4. The molecule has 2 aromatic heterocycles. The second-order valence-electron chi connectivity index (χ2n) is 8.41. The number of aromatic nitrogens is 2. The average molecular weight is 509 g/mol. The van der Waals surface area contributed by atoms with E-state index < -0.39 is 17.8 Å². The van der Waals surface area contributed by atoms with Crippen LogP contribution in [-0.4, -0.2) is 48.0 Å². The first-order chi connectivity index (χ1) is 17.6. The van der Waals surface area contributed by atoms with E-state index in [1.54, 1.807) is 24.4 Å². The monoisotopic (exact) mass is 508 g/mol. The van der Waals surface area contributed by atoms with Crippen molar-refractivity contribution in [2.45, 2.75) is 20.0 Å². The van der Waals surface area contributed by atoms with Gasteiger partial charge >= 0.3 is 6.18 Å². The molecule has 10 heteroatoms. The number of nitrogens with one attached hydrogen (secondary N) is 1. The molecule has 0 aliphatic carbocycles. The number of benzene rings is 1. The molecule has 0 spiro atoms. The summed E-state index contributed by atoms with van der Waals surface area (Å²) in [6.07, 6.45) is -2.06. The van der Waals surface area contributed by atoms with Crippen LogP contribution in [0.15, 0.2) is 48.8 Å². The molecule has 1 aromatic carbocycles. The number of rotatable bonds is 4. The van der Waals surface area contributed by atoms with Crippen molar-refractivity contribution in [3.63, 3.8) is 0 Å². The zero-order chi connectivity index (χ0) is 26.6. The third-order valence-electron chi connectivity index (χ3n) is 5.70. The molecule has 37 heavy (non-hydrogen) atoms. The number of alkyl halides is 3. The first kappa shape index (κ1) is 25.9. The molecule has 1 fully saturated rings. The predicted octanol–water partition coefficient (Wildman–Crippen LogP) is 4.50. The Bertz CT molecular complexity index is 1400. The molecular weight excluding hydrogens is 485 g/mol. The van der Waals surface area contributed by atoms with E-state index in [2.05, 4.69) is 32.0 Å². The fraction of sp³-hybridized carbons (Fsp3) is 0.259. The van der Waals surface area contributed by atoms with Gasteiger partial charge in [-0.2, -0.15) is 13.2 Å². The quantitative estimate of drug-likeness (QED) is 0.523. The van der Waals surface area contributed by atoms with E-state index in [0.717, 1.165) is 28.6 Å². The number of hydrogen-bond acceptors (Lipinski definition) is 6. The van der Waals surface area contributed by atoms with E-state index in [-0.39, 0.29) is 11.3 Å². The summed E-state index contributed by atoms with van der Waals surface area (Å²) in [7, 11) is 0. The number of Topliss-reactive ketones (excluding diaryl/α,β-unsaturated/α-hetero) is 1. The third kappa shape index (κ3) is 6.32. The zero-order valence-electron chi connectivity index (χ0n) is 20.1. The highest BCUT2D eigenvalue weighted by molar-refractivity contribution is 6.04. The maximum Gasteiger partial charge on any atom is 0.433 e. The number of aryl methyl sites for hydroxylation is 1. The van der Waals surface area contributed by atoms with Crippen molar-refractivity contribution in [2.24, 2.45) is 0 Å². The van der Waals surface area contributed by atoms with Crippen LogP contribution in [0, 0.1) is 18.8 Å². The van der Waals surface area contributed by atoms with Gasteiger partial charge in [-0.25, -0.2) is 4.98 Å². The number of pyridine rings is 2. The molecular formula is C27H23F3N4O3. The van der Waals surface area contributed by atoms with Gasteiger partial charge in [0.05, 0.1) is 18.9 Å². The lowest BCUT2D eigenvalue weighted by Gasteiger charge is -2.29. The Balaban J connectivity index is 1.66. The molecule has 7 nitrogen and oxygen atoms in total. The van der Waals surface area contributed by atoms with Crippen LogP contribution in [0.25, 0.3) is 11.1 Å². The van der Waals surface area contributed by atoms with Crippen molar-refractivity contribution in [1.29, 1.82) is 0 Å². The van der Waals surface area contributed by atoms with Gasteiger partial charge in [-0.15, -0.1) is 0 Å². The Kier molecular flexibility index (Phi) is 7.55. The average Bonchev–Trinajstić information content (AvgIpc) is 2.88. The first-order valence-corrected chi connectivity index (χ1v) is 11.4. The molecule has 0 bridgehead atoms. The van der Waals surface area contributed by atoms with E-state index in [1.807, 2.05) is 13.0 Å². The maximum atomic E-state index is 13.0. The van der Waals surface area contributed by atoms with Crippen molar-refractivity contribution in [1.82, 2.24) is 9.97 Å². The SMILES string of the molecule is CC(=O)C#Cc1ncc(-c2cc(NC(=O)c3ccnc(C(F)(F)F)c3)ccc2C)cc1N1CCOCC1. The van der Waals surface area contributed by atoms with Gasteiger partial charge in [0.25, 0.3) is 5.91 Å². The van der Waals surface area contributed by atoms with Gasteiger partial charge in [0, 0.05) is 49.2 Å². The van der Waals surface area contributed by atoms with Gasteiger partial charge in [0.2, 0.25) is 5.78 Å². The van der Waals surface area contributed by atoms with Gasteiger partial charge < -0.3 is 15.0 Å². The molecule has 0 atom stereocenters. The third-order valence-corrected chi connectivity index (χ3v) is 5.70. The number of anilines is 2. The summed E-state index contributed by atoms with van der Waals surface area (Å²) in [4.78, 5) is 34.0. The van der Waals surface area contributed by atoms with Crippen LogP contribution in [0.4, 0.5) is 24.5 Å². The Morgan fingerprint density at radius 2 is 1.84 bits per heavy atom. The summed E-state index contributed by atoms with van der Waals surface area (Å²) in [6, 6.07) is 9.07. The van der Waals surface area contributed by atoms with Crippen LogP contribution in [0.2, 0.25) is 0 Å². The highest BCUT2D eigenvalue weighted by Crippen LogP contribution is 2.32. The van der Waals surface area contributed by atoms with E-state index in [1.165, 1.54) is 13.0 Å². The van der Waals surface area contributed by atoms with Crippen molar-refractivity contribution < 1.29 is 27.5 Å². The van der Waals surface area contributed by atoms with E-state index in [4.69, 9.17) is 4.74 Å². The highest BCUT2D eigenvalue weighted by Gasteiger charge is 2.33. The lowest BCUT2D eigenvalue weighted by molar-refractivity contribution is -0.141. The van der Waals surface area contributed by atoms with Crippen molar-refractivity contribution in [3.05, 3.63) is 71.3 Å². The molecule has 1 N–H and O–H groups in total. The maximum absolute atomic E-state index is 13.0. The van der Waals surface area contributed by atoms with E-state index in [9.17, 15) is 22.8 Å². The minimum atomic E-state index is -4.65. The lowest BCUT2D eigenvalue weighted by atomic mass is 10.00. The largest absolute Gasteiger partial charge is 0.433 e. The van der Waals surface area contributed by atoms with Gasteiger partial charge in [-0.3, -0.25) is 14.6 Å². The number of ether oxygens (including phenoxy) is 1. The van der Waals surface area contributed by atoms with Crippen LogP contribution in [-0.2, 0) is 15.7 Å². The highest BCUT2D eigenvalue weighted by atomic mass is 19.4. The number of amides is 1. The summed E-state index contributed by atoms with van der Waals surface area (Å²) in [5, 5.41) is 2.66. The molecule has 4 rings (SSSR count). The zero-order valence-corrected chi connectivity index (χ0v) is 20.1. The fourth-order valence-electron chi connectivity index (χ4n) is 3.83. The Labute approximate surface area is 211 Å².